The van der Waals surface area contributed by atoms with E-state index in [0.29, 0.717) is 0 Å². The highest BCUT2D eigenvalue weighted by atomic mass is 28.3. The molecule has 2 nitrogen and oxygen atoms in total. The largest absolute Gasteiger partial charge is 0.497 e. The molecule has 0 fully saturated rings. The average molecular weight is 327 g/mol. The number of methoxy groups -OCH3 is 1. The van der Waals surface area contributed by atoms with Crippen molar-refractivity contribution in [3.05, 3.63) is 71.4 Å². The van der Waals surface area contributed by atoms with Gasteiger partial charge in [0.2, 0.25) is 0 Å². The van der Waals surface area contributed by atoms with Crippen LogP contribution in [0, 0.1) is 0 Å². The zero-order chi connectivity index (χ0) is 17.1. The maximum atomic E-state index is 11.3. The predicted molar refractivity (Wildman–Crippen MR) is 100 cm³/mol. The van der Waals surface area contributed by atoms with Gasteiger partial charge >= 0.3 is 0 Å². The molecular weight excluding hydrogens is 300 g/mol. The Balaban J connectivity index is 2.56. The molecule has 122 valence electrons. The van der Waals surface area contributed by atoms with Crippen molar-refractivity contribution in [2.45, 2.75) is 32.2 Å². The SMILES string of the molecule is COc1ccc(/C(=C\[Si](C)(C)C)C(C)(O)c2ccccc2)cc1. The van der Waals surface area contributed by atoms with Crippen LogP contribution in [0.1, 0.15) is 18.1 Å². The minimum Gasteiger partial charge on any atom is -0.497 e. The van der Waals surface area contributed by atoms with E-state index < -0.39 is 13.7 Å². The molecule has 0 aliphatic rings. The minimum atomic E-state index is -1.52. The molecule has 3 heteroatoms. The minimum absolute atomic E-state index is 0.820. The van der Waals surface area contributed by atoms with Crippen molar-refractivity contribution in [3.63, 3.8) is 0 Å². The summed E-state index contributed by atoms with van der Waals surface area (Å²) in [5.74, 6) is 0.820. The summed E-state index contributed by atoms with van der Waals surface area (Å²) in [6, 6.07) is 17.7. The van der Waals surface area contributed by atoms with Crippen LogP contribution in [-0.4, -0.2) is 20.3 Å². The molecule has 2 rings (SSSR count). The molecule has 0 radical (unpaired) electrons. The summed E-state index contributed by atoms with van der Waals surface area (Å²) < 4.78 is 5.25. The normalized spacial score (nSPS) is 15.1. The summed E-state index contributed by atoms with van der Waals surface area (Å²) >= 11 is 0. The highest BCUT2D eigenvalue weighted by Gasteiger charge is 2.30. The van der Waals surface area contributed by atoms with Gasteiger partial charge in [-0.3, -0.25) is 0 Å². The first kappa shape index (κ1) is 17.5. The number of aliphatic hydroxyl groups is 1. The second-order valence-electron chi connectivity index (χ2n) is 7.09. The zero-order valence-electron chi connectivity index (χ0n) is 14.6. The van der Waals surface area contributed by atoms with Gasteiger partial charge < -0.3 is 9.84 Å². The van der Waals surface area contributed by atoms with Crippen molar-refractivity contribution in [1.29, 1.82) is 0 Å². The van der Waals surface area contributed by atoms with E-state index in [2.05, 4.69) is 25.3 Å². The fourth-order valence-corrected chi connectivity index (χ4v) is 3.94. The highest BCUT2D eigenvalue weighted by molar-refractivity contribution is 6.81. The number of hydrogen-bond acceptors (Lipinski definition) is 2. The van der Waals surface area contributed by atoms with Gasteiger partial charge in [-0.2, -0.15) is 0 Å². The monoisotopic (exact) mass is 326 g/mol. The van der Waals surface area contributed by atoms with E-state index in [4.69, 9.17) is 4.74 Å². The number of benzene rings is 2. The van der Waals surface area contributed by atoms with Crippen LogP contribution in [0.25, 0.3) is 5.57 Å². The Morgan fingerprint density at radius 1 is 1.00 bits per heavy atom. The first-order chi connectivity index (χ1) is 10.7. The van der Waals surface area contributed by atoms with Crippen molar-refractivity contribution in [2.24, 2.45) is 0 Å². The standard InChI is InChI=1S/C20H26O2Si/c1-20(21,17-9-7-6-8-10-17)19(15-23(3,4)5)16-11-13-18(22-2)14-12-16/h6-15,21H,1-5H3/b19-15+. The summed E-state index contributed by atoms with van der Waals surface area (Å²) in [5.41, 5.74) is 4.14. The van der Waals surface area contributed by atoms with E-state index in [0.717, 1.165) is 22.4 Å². The van der Waals surface area contributed by atoms with Gasteiger partial charge in [-0.05, 0) is 35.8 Å². The summed E-state index contributed by atoms with van der Waals surface area (Å²) in [5, 5.41) is 11.3. The second kappa shape index (κ2) is 6.73. The van der Waals surface area contributed by atoms with Crippen LogP contribution in [0.5, 0.6) is 5.75 Å². The Morgan fingerprint density at radius 2 is 1.57 bits per heavy atom. The van der Waals surface area contributed by atoms with Gasteiger partial charge in [0, 0.05) is 0 Å². The lowest BCUT2D eigenvalue weighted by atomic mass is 9.85. The Bertz CT molecular complexity index is 665. The molecule has 0 aliphatic carbocycles. The number of hydrogen-bond donors (Lipinski definition) is 1. The molecule has 23 heavy (non-hydrogen) atoms. The van der Waals surface area contributed by atoms with Crippen LogP contribution in [-0.2, 0) is 5.60 Å². The van der Waals surface area contributed by atoms with Crippen LogP contribution in [0.3, 0.4) is 0 Å². The number of rotatable bonds is 5. The fourth-order valence-electron chi connectivity index (χ4n) is 2.63. The molecule has 0 aliphatic heterocycles. The van der Waals surface area contributed by atoms with E-state index in [1.54, 1.807) is 7.11 Å². The van der Waals surface area contributed by atoms with Gasteiger partial charge in [0.1, 0.15) is 11.4 Å². The molecule has 1 atom stereocenters. The van der Waals surface area contributed by atoms with Gasteiger partial charge in [0.25, 0.3) is 0 Å². The van der Waals surface area contributed by atoms with Gasteiger partial charge in [0.15, 0.2) is 0 Å². The van der Waals surface area contributed by atoms with E-state index in [1.807, 2.05) is 61.5 Å². The molecule has 0 spiro atoms. The molecule has 2 aromatic carbocycles. The van der Waals surface area contributed by atoms with E-state index in [9.17, 15) is 5.11 Å². The zero-order valence-corrected chi connectivity index (χ0v) is 15.6. The third-order valence-corrected chi connectivity index (χ3v) is 4.99. The van der Waals surface area contributed by atoms with Gasteiger partial charge in [0.05, 0.1) is 15.2 Å². The smallest absolute Gasteiger partial charge is 0.118 e. The van der Waals surface area contributed by atoms with Gasteiger partial charge in [-0.15, -0.1) is 0 Å². The molecule has 0 saturated heterocycles. The lowest BCUT2D eigenvalue weighted by Gasteiger charge is -2.30. The van der Waals surface area contributed by atoms with Gasteiger partial charge in [-0.25, -0.2) is 0 Å². The van der Waals surface area contributed by atoms with Crippen molar-refractivity contribution in [1.82, 2.24) is 0 Å². The van der Waals surface area contributed by atoms with Crippen molar-refractivity contribution in [2.75, 3.05) is 7.11 Å². The van der Waals surface area contributed by atoms with Crippen LogP contribution < -0.4 is 4.74 Å². The molecule has 2 aromatic rings. The molecule has 0 bridgehead atoms. The van der Waals surface area contributed by atoms with Crippen LogP contribution in [0.4, 0.5) is 0 Å². The topological polar surface area (TPSA) is 29.5 Å². The van der Waals surface area contributed by atoms with Crippen molar-refractivity contribution >= 4 is 13.6 Å². The van der Waals surface area contributed by atoms with Crippen molar-refractivity contribution in [3.8, 4) is 5.75 Å². The quantitative estimate of drug-likeness (QED) is 0.795. The van der Waals surface area contributed by atoms with E-state index >= 15 is 0 Å². The van der Waals surface area contributed by atoms with Crippen LogP contribution in [0.15, 0.2) is 60.3 Å². The fraction of sp³-hybridized carbons (Fsp3) is 0.300. The van der Waals surface area contributed by atoms with Crippen LogP contribution >= 0.6 is 0 Å². The Morgan fingerprint density at radius 3 is 2.04 bits per heavy atom. The first-order valence-corrected chi connectivity index (χ1v) is 11.5. The molecule has 0 saturated carbocycles. The lowest BCUT2D eigenvalue weighted by molar-refractivity contribution is 0.122. The molecule has 1 N–H and O–H groups in total. The van der Waals surface area contributed by atoms with Crippen LogP contribution in [0.2, 0.25) is 19.6 Å². The first-order valence-electron chi connectivity index (χ1n) is 7.90. The molecule has 0 heterocycles. The maximum absolute atomic E-state index is 11.3. The molecule has 0 amide bonds. The highest BCUT2D eigenvalue weighted by Crippen LogP contribution is 2.37. The summed E-state index contributed by atoms with van der Waals surface area (Å²) in [6.07, 6.45) is 0. The third-order valence-electron chi connectivity index (χ3n) is 3.84. The summed E-state index contributed by atoms with van der Waals surface area (Å²) in [6.45, 7) is 8.70. The van der Waals surface area contributed by atoms with E-state index in [1.165, 1.54) is 0 Å². The maximum Gasteiger partial charge on any atom is 0.118 e. The molecule has 1 unspecified atom stereocenters. The average Bonchev–Trinajstić information content (AvgIpc) is 2.53. The number of ether oxygens (including phenoxy) is 1. The predicted octanol–water partition coefficient (Wildman–Crippen LogP) is 4.86. The second-order valence-corrected chi connectivity index (χ2v) is 12.1. The Hall–Kier alpha value is -1.84. The van der Waals surface area contributed by atoms with Crippen molar-refractivity contribution < 1.29 is 9.84 Å². The Kier molecular flexibility index (Phi) is 5.12. The summed E-state index contributed by atoms with van der Waals surface area (Å²) in [4.78, 5) is 0. The molecular formula is C20H26O2Si. The summed E-state index contributed by atoms with van der Waals surface area (Å²) in [7, 11) is 0.140. The third kappa shape index (κ3) is 4.33. The lowest BCUT2D eigenvalue weighted by Crippen LogP contribution is -2.27. The van der Waals surface area contributed by atoms with E-state index in [-0.39, 0.29) is 0 Å². The van der Waals surface area contributed by atoms with Gasteiger partial charge in [-0.1, -0.05) is 67.8 Å². The Labute approximate surface area is 140 Å². The molecule has 0 aromatic heterocycles.